The van der Waals surface area contributed by atoms with E-state index >= 15 is 0 Å². The van der Waals surface area contributed by atoms with E-state index in [9.17, 15) is 9.90 Å². The molecule has 1 atom stereocenters. The van der Waals surface area contributed by atoms with Crippen LogP contribution in [0.4, 0.5) is 0 Å². The summed E-state index contributed by atoms with van der Waals surface area (Å²) in [6.45, 7) is 4.31. The van der Waals surface area contributed by atoms with Gasteiger partial charge in [0.25, 0.3) is 0 Å². The number of phenols is 1. The number of rotatable bonds is 5. The normalized spacial score (nSPS) is 16.3. The van der Waals surface area contributed by atoms with Gasteiger partial charge in [0.2, 0.25) is 5.91 Å². The Kier molecular flexibility index (Phi) is 3.87. The van der Waals surface area contributed by atoms with Crippen molar-refractivity contribution in [3.8, 4) is 5.75 Å². The van der Waals surface area contributed by atoms with Crippen molar-refractivity contribution in [3.63, 3.8) is 0 Å². The Labute approximate surface area is 107 Å². The molecule has 3 N–H and O–H groups in total. The van der Waals surface area contributed by atoms with Crippen LogP contribution in [0.15, 0.2) is 18.2 Å². The summed E-state index contributed by atoms with van der Waals surface area (Å²) in [5.41, 5.74) is 1.92. The third-order valence-corrected chi connectivity index (χ3v) is 3.15. The van der Waals surface area contributed by atoms with E-state index in [0.717, 1.165) is 24.0 Å². The molecule has 1 unspecified atom stereocenters. The molecular weight excluding hydrogens is 228 g/mol. The van der Waals surface area contributed by atoms with Crippen LogP contribution in [0, 0.1) is 6.92 Å². The Hall–Kier alpha value is -1.55. The number of hydrogen-bond donors (Lipinski definition) is 3. The van der Waals surface area contributed by atoms with Crippen LogP contribution >= 0.6 is 0 Å². The molecule has 0 aliphatic heterocycles. The second-order valence-electron chi connectivity index (χ2n) is 5.02. The average Bonchev–Trinajstić information content (AvgIpc) is 3.13. The van der Waals surface area contributed by atoms with Gasteiger partial charge in [-0.15, -0.1) is 0 Å². The zero-order chi connectivity index (χ0) is 13.1. The van der Waals surface area contributed by atoms with Crippen molar-refractivity contribution in [2.75, 3.05) is 0 Å². The molecule has 1 aromatic carbocycles. The molecule has 1 aliphatic carbocycles. The van der Waals surface area contributed by atoms with Gasteiger partial charge in [0.05, 0.1) is 6.04 Å². The smallest absolute Gasteiger partial charge is 0.237 e. The number of phenolic OH excluding ortho intramolecular Hbond substituents is 1. The number of hydrogen-bond acceptors (Lipinski definition) is 3. The van der Waals surface area contributed by atoms with Gasteiger partial charge in [0.15, 0.2) is 0 Å². The SMILES string of the molecule is Cc1ccc(O)c(CNC(C)C(=O)NC2CC2)c1. The third kappa shape index (κ3) is 3.47. The maximum absolute atomic E-state index is 11.7. The lowest BCUT2D eigenvalue weighted by atomic mass is 10.1. The number of benzene rings is 1. The van der Waals surface area contributed by atoms with Crippen LogP contribution in [0.2, 0.25) is 0 Å². The highest BCUT2D eigenvalue weighted by molar-refractivity contribution is 5.81. The van der Waals surface area contributed by atoms with Gasteiger partial charge in [-0.1, -0.05) is 17.7 Å². The van der Waals surface area contributed by atoms with Gasteiger partial charge in [0.1, 0.15) is 5.75 Å². The summed E-state index contributed by atoms with van der Waals surface area (Å²) in [6.07, 6.45) is 2.19. The highest BCUT2D eigenvalue weighted by Crippen LogP contribution is 2.19. The second kappa shape index (κ2) is 5.40. The monoisotopic (exact) mass is 248 g/mol. The van der Waals surface area contributed by atoms with Crippen LogP contribution in [0.1, 0.15) is 30.9 Å². The van der Waals surface area contributed by atoms with Crippen LogP contribution in [-0.2, 0) is 11.3 Å². The van der Waals surface area contributed by atoms with E-state index in [1.807, 2.05) is 26.0 Å². The first kappa shape index (κ1) is 12.9. The van der Waals surface area contributed by atoms with Gasteiger partial charge < -0.3 is 15.7 Å². The standard InChI is InChI=1S/C14H20N2O2/c1-9-3-6-13(17)11(7-9)8-15-10(2)14(18)16-12-4-5-12/h3,6-7,10,12,15,17H,4-5,8H2,1-2H3,(H,16,18). The minimum Gasteiger partial charge on any atom is -0.508 e. The minimum atomic E-state index is -0.245. The van der Waals surface area contributed by atoms with Gasteiger partial charge in [-0.25, -0.2) is 0 Å². The van der Waals surface area contributed by atoms with Crippen LogP contribution < -0.4 is 10.6 Å². The molecule has 2 rings (SSSR count). The van der Waals surface area contributed by atoms with Crippen molar-refractivity contribution in [1.82, 2.24) is 10.6 Å². The molecule has 1 saturated carbocycles. The minimum absolute atomic E-state index is 0.0321. The fourth-order valence-corrected chi connectivity index (χ4v) is 1.77. The number of amides is 1. The van der Waals surface area contributed by atoms with Crippen LogP contribution in [0.3, 0.4) is 0 Å². The van der Waals surface area contributed by atoms with E-state index in [0.29, 0.717) is 12.6 Å². The number of nitrogens with one attached hydrogen (secondary N) is 2. The molecule has 98 valence electrons. The van der Waals surface area contributed by atoms with Crippen LogP contribution in [0.5, 0.6) is 5.75 Å². The quantitative estimate of drug-likeness (QED) is 0.739. The molecule has 0 bridgehead atoms. The third-order valence-electron chi connectivity index (χ3n) is 3.15. The van der Waals surface area contributed by atoms with E-state index < -0.39 is 0 Å². The summed E-state index contributed by atoms with van der Waals surface area (Å²) >= 11 is 0. The lowest BCUT2D eigenvalue weighted by Crippen LogP contribution is -2.42. The van der Waals surface area contributed by atoms with Crippen molar-refractivity contribution in [2.45, 2.75) is 45.3 Å². The summed E-state index contributed by atoms with van der Waals surface area (Å²) in [5.74, 6) is 0.299. The number of aryl methyl sites for hydroxylation is 1. The maximum atomic E-state index is 11.7. The van der Waals surface area contributed by atoms with Crippen molar-refractivity contribution in [1.29, 1.82) is 0 Å². The summed E-state index contributed by atoms with van der Waals surface area (Å²) in [5, 5.41) is 15.8. The summed E-state index contributed by atoms with van der Waals surface area (Å²) < 4.78 is 0. The van der Waals surface area contributed by atoms with E-state index in [1.165, 1.54) is 0 Å². The van der Waals surface area contributed by atoms with Gasteiger partial charge >= 0.3 is 0 Å². The Balaban J connectivity index is 1.85. The Morgan fingerprint density at radius 1 is 1.50 bits per heavy atom. The van der Waals surface area contributed by atoms with Crippen molar-refractivity contribution >= 4 is 5.91 Å². The fraction of sp³-hybridized carbons (Fsp3) is 0.500. The van der Waals surface area contributed by atoms with E-state index in [2.05, 4.69) is 10.6 Å². The molecule has 1 aromatic rings. The maximum Gasteiger partial charge on any atom is 0.237 e. The highest BCUT2D eigenvalue weighted by atomic mass is 16.3. The van der Waals surface area contributed by atoms with Crippen LogP contribution in [0.25, 0.3) is 0 Å². The van der Waals surface area contributed by atoms with E-state index in [-0.39, 0.29) is 17.7 Å². The molecule has 0 saturated heterocycles. The van der Waals surface area contributed by atoms with Crippen molar-refractivity contribution in [2.24, 2.45) is 0 Å². The van der Waals surface area contributed by atoms with E-state index in [4.69, 9.17) is 0 Å². The molecule has 18 heavy (non-hydrogen) atoms. The predicted octanol–water partition coefficient (Wildman–Crippen LogP) is 1.46. The van der Waals surface area contributed by atoms with E-state index in [1.54, 1.807) is 6.07 Å². The molecule has 1 fully saturated rings. The first-order valence-corrected chi connectivity index (χ1v) is 6.38. The fourth-order valence-electron chi connectivity index (χ4n) is 1.77. The lowest BCUT2D eigenvalue weighted by Gasteiger charge is -2.14. The Morgan fingerprint density at radius 2 is 2.22 bits per heavy atom. The molecular formula is C14H20N2O2. The first-order chi connectivity index (χ1) is 8.56. The van der Waals surface area contributed by atoms with Gasteiger partial charge in [-0.3, -0.25) is 4.79 Å². The highest BCUT2D eigenvalue weighted by Gasteiger charge is 2.25. The van der Waals surface area contributed by atoms with Gasteiger partial charge in [-0.05, 0) is 32.8 Å². The number of carbonyl (C=O) groups is 1. The van der Waals surface area contributed by atoms with Crippen LogP contribution in [-0.4, -0.2) is 23.1 Å². The zero-order valence-corrected chi connectivity index (χ0v) is 10.9. The lowest BCUT2D eigenvalue weighted by molar-refractivity contribution is -0.122. The zero-order valence-electron chi connectivity index (χ0n) is 10.9. The summed E-state index contributed by atoms with van der Waals surface area (Å²) in [6, 6.07) is 5.61. The Morgan fingerprint density at radius 3 is 2.89 bits per heavy atom. The summed E-state index contributed by atoms with van der Waals surface area (Å²) in [7, 11) is 0. The second-order valence-corrected chi connectivity index (χ2v) is 5.02. The summed E-state index contributed by atoms with van der Waals surface area (Å²) in [4.78, 5) is 11.7. The average molecular weight is 248 g/mol. The molecule has 1 aliphatic rings. The molecule has 0 spiro atoms. The molecule has 0 radical (unpaired) electrons. The number of aromatic hydroxyl groups is 1. The van der Waals surface area contributed by atoms with Gasteiger partial charge in [0, 0.05) is 18.2 Å². The topological polar surface area (TPSA) is 61.4 Å². The van der Waals surface area contributed by atoms with Crippen molar-refractivity contribution in [3.05, 3.63) is 29.3 Å². The first-order valence-electron chi connectivity index (χ1n) is 6.38. The Bertz CT molecular complexity index is 441. The molecule has 4 heteroatoms. The largest absolute Gasteiger partial charge is 0.508 e. The van der Waals surface area contributed by atoms with Gasteiger partial charge in [-0.2, -0.15) is 0 Å². The predicted molar refractivity (Wildman–Crippen MR) is 70.3 cm³/mol. The molecule has 1 amide bonds. The number of carbonyl (C=O) groups excluding carboxylic acids is 1. The molecule has 0 heterocycles. The van der Waals surface area contributed by atoms with Crippen molar-refractivity contribution < 1.29 is 9.90 Å². The molecule has 0 aromatic heterocycles. The molecule has 4 nitrogen and oxygen atoms in total.